The van der Waals surface area contributed by atoms with Crippen LogP contribution in [0.4, 0.5) is 0 Å². The molecule has 2 rings (SSSR count). The van der Waals surface area contributed by atoms with Crippen molar-refractivity contribution in [1.29, 1.82) is 0 Å². The highest BCUT2D eigenvalue weighted by molar-refractivity contribution is 7.09. The van der Waals surface area contributed by atoms with E-state index in [1.54, 1.807) is 17.7 Å². The monoisotopic (exact) mass is 304 g/mol. The van der Waals surface area contributed by atoms with Crippen molar-refractivity contribution in [2.75, 3.05) is 6.54 Å². The lowest BCUT2D eigenvalue weighted by atomic mass is 9.93. The van der Waals surface area contributed by atoms with Crippen molar-refractivity contribution in [1.82, 2.24) is 20.3 Å². The molecule has 2 aromatic rings. The lowest BCUT2D eigenvalue weighted by Gasteiger charge is -2.17. The predicted octanol–water partition coefficient (Wildman–Crippen LogP) is 3.51. The van der Waals surface area contributed by atoms with Gasteiger partial charge in [0.1, 0.15) is 6.33 Å². The molecule has 0 aromatic carbocycles. The molecule has 2 aromatic heterocycles. The SMILES string of the molecule is CCCNC(Cc1nc(C(C)(C)C)cs1)c1cncnc1. The van der Waals surface area contributed by atoms with Gasteiger partial charge in [0.2, 0.25) is 0 Å². The summed E-state index contributed by atoms with van der Waals surface area (Å²) >= 11 is 1.74. The molecule has 0 saturated heterocycles. The Kier molecular flexibility index (Phi) is 5.42. The van der Waals surface area contributed by atoms with Gasteiger partial charge < -0.3 is 5.32 Å². The van der Waals surface area contributed by atoms with Crippen LogP contribution in [-0.4, -0.2) is 21.5 Å². The summed E-state index contributed by atoms with van der Waals surface area (Å²) in [5, 5.41) is 6.91. The van der Waals surface area contributed by atoms with Crippen LogP contribution in [0, 0.1) is 0 Å². The lowest BCUT2D eigenvalue weighted by Crippen LogP contribution is -2.24. The Morgan fingerprint density at radius 1 is 1.24 bits per heavy atom. The average molecular weight is 304 g/mol. The molecule has 0 saturated carbocycles. The first-order chi connectivity index (χ1) is 10.0. The van der Waals surface area contributed by atoms with Crippen LogP contribution in [0.3, 0.4) is 0 Å². The van der Waals surface area contributed by atoms with E-state index in [0.717, 1.165) is 30.0 Å². The van der Waals surface area contributed by atoms with E-state index >= 15 is 0 Å². The zero-order chi connectivity index (χ0) is 15.3. The number of nitrogens with zero attached hydrogens (tertiary/aromatic N) is 3. The standard InChI is InChI=1S/C16H24N4S/c1-5-6-19-13(12-8-17-11-18-9-12)7-15-20-14(10-21-15)16(2,3)4/h8-11,13,19H,5-7H2,1-4H3. The van der Waals surface area contributed by atoms with Gasteiger partial charge in [-0.3, -0.25) is 0 Å². The summed E-state index contributed by atoms with van der Waals surface area (Å²) in [6.07, 6.45) is 7.34. The molecular formula is C16H24N4S. The fourth-order valence-electron chi connectivity index (χ4n) is 2.04. The number of hydrogen-bond acceptors (Lipinski definition) is 5. The minimum absolute atomic E-state index is 0.108. The van der Waals surface area contributed by atoms with Crippen LogP contribution in [-0.2, 0) is 11.8 Å². The molecule has 1 N–H and O–H groups in total. The highest BCUT2D eigenvalue weighted by Crippen LogP contribution is 2.26. The van der Waals surface area contributed by atoms with E-state index in [1.165, 1.54) is 5.69 Å². The first-order valence-corrected chi connectivity index (χ1v) is 8.32. The van der Waals surface area contributed by atoms with Crippen LogP contribution < -0.4 is 5.32 Å². The number of rotatable bonds is 6. The fraction of sp³-hybridized carbons (Fsp3) is 0.562. The van der Waals surface area contributed by atoms with E-state index in [-0.39, 0.29) is 11.5 Å². The summed E-state index contributed by atoms with van der Waals surface area (Å²) in [5.74, 6) is 0. The van der Waals surface area contributed by atoms with Gasteiger partial charge in [0.05, 0.1) is 10.7 Å². The second-order valence-electron chi connectivity index (χ2n) is 6.26. The van der Waals surface area contributed by atoms with Gasteiger partial charge in [0.25, 0.3) is 0 Å². The molecule has 0 fully saturated rings. The Balaban J connectivity index is 2.13. The van der Waals surface area contributed by atoms with E-state index in [0.29, 0.717) is 0 Å². The molecule has 0 aliphatic carbocycles. The molecule has 1 unspecified atom stereocenters. The Morgan fingerprint density at radius 3 is 2.52 bits per heavy atom. The van der Waals surface area contributed by atoms with Crippen molar-refractivity contribution >= 4 is 11.3 Å². The van der Waals surface area contributed by atoms with Gasteiger partial charge in [-0.05, 0) is 13.0 Å². The van der Waals surface area contributed by atoms with E-state index < -0.39 is 0 Å². The topological polar surface area (TPSA) is 50.7 Å². The molecule has 5 heteroatoms. The van der Waals surface area contributed by atoms with Crippen molar-refractivity contribution in [3.05, 3.63) is 40.4 Å². The second-order valence-corrected chi connectivity index (χ2v) is 7.20. The Hall–Kier alpha value is -1.33. The third-order valence-electron chi connectivity index (χ3n) is 3.32. The molecule has 4 nitrogen and oxygen atoms in total. The number of nitrogens with one attached hydrogen (secondary N) is 1. The highest BCUT2D eigenvalue weighted by Gasteiger charge is 2.19. The maximum atomic E-state index is 4.79. The zero-order valence-electron chi connectivity index (χ0n) is 13.3. The van der Waals surface area contributed by atoms with Gasteiger partial charge >= 0.3 is 0 Å². The summed E-state index contributed by atoms with van der Waals surface area (Å²) in [4.78, 5) is 13.1. The second kappa shape index (κ2) is 7.09. The lowest BCUT2D eigenvalue weighted by molar-refractivity contribution is 0.520. The molecular weight excluding hydrogens is 280 g/mol. The molecule has 114 valence electrons. The van der Waals surface area contributed by atoms with Gasteiger partial charge in [0, 0.05) is 41.2 Å². The molecule has 21 heavy (non-hydrogen) atoms. The third-order valence-corrected chi connectivity index (χ3v) is 4.19. The quantitative estimate of drug-likeness (QED) is 0.887. The maximum Gasteiger partial charge on any atom is 0.115 e. The van der Waals surface area contributed by atoms with Crippen LogP contribution >= 0.6 is 11.3 Å². The molecule has 0 amide bonds. The Bertz CT molecular complexity index is 545. The van der Waals surface area contributed by atoms with Gasteiger partial charge in [-0.25, -0.2) is 15.0 Å². The molecule has 0 bridgehead atoms. The van der Waals surface area contributed by atoms with Crippen molar-refractivity contribution in [3.8, 4) is 0 Å². The smallest absolute Gasteiger partial charge is 0.115 e. The summed E-state index contributed by atoms with van der Waals surface area (Å²) < 4.78 is 0. The van der Waals surface area contributed by atoms with Crippen LogP contribution in [0.15, 0.2) is 24.1 Å². The third kappa shape index (κ3) is 4.58. The first kappa shape index (κ1) is 16.0. The first-order valence-electron chi connectivity index (χ1n) is 7.44. The summed E-state index contributed by atoms with van der Waals surface area (Å²) in [5.41, 5.74) is 2.40. The van der Waals surface area contributed by atoms with Crippen LogP contribution in [0.2, 0.25) is 0 Å². The zero-order valence-corrected chi connectivity index (χ0v) is 14.1. The molecule has 0 radical (unpaired) electrons. The van der Waals surface area contributed by atoms with Crippen molar-refractivity contribution in [2.24, 2.45) is 0 Å². The molecule has 0 spiro atoms. The molecule has 1 atom stereocenters. The normalized spacial score (nSPS) is 13.3. The van der Waals surface area contributed by atoms with Crippen LogP contribution in [0.1, 0.15) is 56.4 Å². The highest BCUT2D eigenvalue weighted by atomic mass is 32.1. The van der Waals surface area contributed by atoms with Gasteiger partial charge in [0.15, 0.2) is 0 Å². The summed E-state index contributed by atoms with van der Waals surface area (Å²) in [6.45, 7) is 9.75. The van der Waals surface area contributed by atoms with Gasteiger partial charge in [-0.15, -0.1) is 11.3 Å². The Labute approximate surface area is 131 Å². The predicted molar refractivity (Wildman–Crippen MR) is 87.6 cm³/mol. The van der Waals surface area contributed by atoms with Crippen LogP contribution in [0.25, 0.3) is 0 Å². The molecule has 0 aliphatic heterocycles. The van der Waals surface area contributed by atoms with Crippen molar-refractivity contribution in [3.63, 3.8) is 0 Å². The van der Waals surface area contributed by atoms with Crippen molar-refractivity contribution < 1.29 is 0 Å². The minimum atomic E-state index is 0.108. The fourth-order valence-corrected chi connectivity index (χ4v) is 3.11. The summed E-state index contributed by atoms with van der Waals surface area (Å²) in [7, 11) is 0. The van der Waals surface area contributed by atoms with E-state index in [9.17, 15) is 0 Å². The Morgan fingerprint density at radius 2 is 1.95 bits per heavy atom. The number of thiazole rings is 1. The van der Waals surface area contributed by atoms with E-state index in [2.05, 4.69) is 48.4 Å². The van der Waals surface area contributed by atoms with E-state index in [1.807, 2.05) is 12.4 Å². The summed E-state index contributed by atoms with van der Waals surface area (Å²) in [6, 6.07) is 0.227. The van der Waals surface area contributed by atoms with Gasteiger partial charge in [-0.2, -0.15) is 0 Å². The van der Waals surface area contributed by atoms with Crippen molar-refractivity contribution in [2.45, 2.75) is 52.0 Å². The average Bonchev–Trinajstić information content (AvgIpc) is 2.93. The maximum absolute atomic E-state index is 4.79. The number of aromatic nitrogens is 3. The molecule has 2 heterocycles. The van der Waals surface area contributed by atoms with E-state index in [4.69, 9.17) is 4.98 Å². The van der Waals surface area contributed by atoms with Crippen LogP contribution in [0.5, 0.6) is 0 Å². The van der Waals surface area contributed by atoms with Gasteiger partial charge in [-0.1, -0.05) is 27.7 Å². The largest absolute Gasteiger partial charge is 0.309 e. The number of hydrogen-bond donors (Lipinski definition) is 1. The minimum Gasteiger partial charge on any atom is -0.309 e. The molecule has 0 aliphatic rings.